The average molecular weight is 354 g/mol. The van der Waals surface area contributed by atoms with Gasteiger partial charge in [-0.05, 0) is 37.0 Å². The lowest BCUT2D eigenvalue weighted by Gasteiger charge is -2.34. The number of amidine groups is 1. The molecule has 0 aromatic heterocycles. The molecule has 1 aliphatic carbocycles. The summed E-state index contributed by atoms with van der Waals surface area (Å²) in [6.45, 7) is 5.43. The molecule has 0 radical (unpaired) electrons. The number of halogens is 1. The third kappa shape index (κ3) is 3.90. The van der Waals surface area contributed by atoms with E-state index in [1.807, 2.05) is 12.1 Å². The molecule has 1 fully saturated rings. The molecular weight excluding hydrogens is 330 g/mol. The van der Waals surface area contributed by atoms with Crippen molar-refractivity contribution >= 4 is 27.5 Å². The molecule has 21 heavy (non-hydrogen) atoms. The van der Waals surface area contributed by atoms with Gasteiger partial charge in [-0.25, -0.2) is 0 Å². The van der Waals surface area contributed by atoms with E-state index in [2.05, 4.69) is 45.9 Å². The highest BCUT2D eigenvalue weighted by molar-refractivity contribution is 9.10. The number of oxime groups is 1. The summed E-state index contributed by atoms with van der Waals surface area (Å²) in [5, 5.41) is 12.2. The fourth-order valence-corrected chi connectivity index (χ4v) is 3.42. The van der Waals surface area contributed by atoms with Crippen LogP contribution in [0.25, 0.3) is 0 Å². The van der Waals surface area contributed by atoms with Gasteiger partial charge in [-0.3, -0.25) is 0 Å². The lowest BCUT2D eigenvalue weighted by Crippen LogP contribution is -2.37. The molecule has 0 aliphatic heterocycles. The van der Waals surface area contributed by atoms with Gasteiger partial charge in [0, 0.05) is 28.3 Å². The van der Waals surface area contributed by atoms with Gasteiger partial charge in [0.25, 0.3) is 0 Å². The number of hydrogen-bond donors (Lipinski definition) is 2. The van der Waals surface area contributed by atoms with Gasteiger partial charge >= 0.3 is 0 Å². The zero-order valence-electron chi connectivity index (χ0n) is 12.7. The molecule has 0 heterocycles. The van der Waals surface area contributed by atoms with E-state index in [0.717, 1.165) is 22.3 Å². The molecule has 116 valence electrons. The Morgan fingerprint density at radius 1 is 1.43 bits per heavy atom. The molecule has 0 bridgehead atoms. The Kier molecular flexibility index (Phi) is 5.51. The molecule has 4 nitrogen and oxygen atoms in total. The molecule has 5 heteroatoms. The number of anilines is 1. The number of hydrogen-bond acceptors (Lipinski definition) is 3. The first kappa shape index (κ1) is 16.1. The molecule has 1 aromatic rings. The molecule has 0 atom stereocenters. The standard InChI is InChI=1S/C16H24BrN3O/c1-11(2)10-20(13-5-3-4-6-13)15-9-12(17)7-8-14(15)16(18)19-21/h7-9,11,13,21H,3-6,10H2,1-2H3,(H2,18,19). The van der Waals surface area contributed by atoms with Gasteiger partial charge in [0.05, 0.1) is 0 Å². The summed E-state index contributed by atoms with van der Waals surface area (Å²) in [7, 11) is 0. The van der Waals surface area contributed by atoms with Crippen molar-refractivity contribution < 1.29 is 5.21 Å². The molecule has 3 N–H and O–H groups in total. The predicted molar refractivity (Wildman–Crippen MR) is 91.1 cm³/mol. The second-order valence-electron chi connectivity index (χ2n) is 6.13. The summed E-state index contributed by atoms with van der Waals surface area (Å²) in [5.41, 5.74) is 7.73. The van der Waals surface area contributed by atoms with E-state index in [1.54, 1.807) is 0 Å². The van der Waals surface area contributed by atoms with Gasteiger partial charge in [-0.2, -0.15) is 0 Å². The molecule has 1 aromatic carbocycles. The Balaban J connectivity index is 2.44. The molecule has 2 rings (SSSR count). The van der Waals surface area contributed by atoms with Crippen molar-refractivity contribution in [3.05, 3.63) is 28.2 Å². The van der Waals surface area contributed by atoms with Crippen molar-refractivity contribution in [3.63, 3.8) is 0 Å². The van der Waals surface area contributed by atoms with E-state index in [0.29, 0.717) is 12.0 Å². The van der Waals surface area contributed by atoms with Crippen LogP contribution in [0.15, 0.2) is 27.8 Å². The number of nitrogens with two attached hydrogens (primary N) is 1. The second kappa shape index (κ2) is 7.16. The maximum absolute atomic E-state index is 9.04. The van der Waals surface area contributed by atoms with Crippen LogP contribution in [-0.4, -0.2) is 23.6 Å². The zero-order chi connectivity index (χ0) is 15.4. The van der Waals surface area contributed by atoms with E-state index in [9.17, 15) is 0 Å². The predicted octanol–water partition coefficient (Wildman–Crippen LogP) is 3.95. The quantitative estimate of drug-likeness (QED) is 0.364. The van der Waals surface area contributed by atoms with Crippen LogP contribution in [0.5, 0.6) is 0 Å². The molecule has 1 saturated carbocycles. The maximum Gasteiger partial charge on any atom is 0.172 e. The average Bonchev–Trinajstić information content (AvgIpc) is 2.97. The van der Waals surface area contributed by atoms with Crippen LogP contribution in [0.1, 0.15) is 45.1 Å². The molecule has 0 unspecified atom stereocenters. The molecule has 0 amide bonds. The summed E-state index contributed by atoms with van der Waals surface area (Å²) in [6.07, 6.45) is 5.00. The Bertz CT molecular complexity index is 510. The van der Waals surface area contributed by atoms with Crippen molar-refractivity contribution in [2.45, 2.75) is 45.6 Å². The van der Waals surface area contributed by atoms with Crippen LogP contribution in [0.4, 0.5) is 5.69 Å². The van der Waals surface area contributed by atoms with E-state index in [4.69, 9.17) is 10.9 Å². The van der Waals surface area contributed by atoms with Crippen molar-refractivity contribution in [3.8, 4) is 0 Å². The van der Waals surface area contributed by atoms with Crippen LogP contribution in [0, 0.1) is 5.92 Å². The smallest absolute Gasteiger partial charge is 0.172 e. The van der Waals surface area contributed by atoms with Crippen LogP contribution in [-0.2, 0) is 0 Å². The Hall–Kier alpha value is -1.23. The monoisotopic (exact) mass is 353 g/mol. The summed E-state index contributed by atoms with van der Waals surface area (Å²) in [5.74, 6) is 0.731. The molecular formula is C16H24BrN3O. The van der Waals surface area contributed by atoms with Gasteiger partial charge in [-0.1, -0.05) is 47.8 Å². The zero-order valence-corrected chi connectivity index (χ0v) is 14.3. The normalized spacial score (nSPS) is 16.7. The van der Waals surface area contributed by atoms with Crippen molar-refractivity contribution in [1.29, 1.82) is 0 Å². The largest absolute Gasteiger partial charge is 0.409 e. The molecule has 1 aliphatic rings. The van der Waals surface area contributed by atoms with Gasteiger partial charge in [0.15, 0.2) is 5.84 Å². The van der Waals surface area contributed by atoms with Crippen LogP contribution in [0.2, 0.25) is 0 Å². The Morgan fingerprint density at radius 3 is 2.67 bits per heavy atom. The summed E-state index contributed by atoms with van der Waals surface area (Å²) in [4.78, 5) is 2.44. The maximum atomic E-state index is 9.04. The van der Waals surface area contributed by atoms with Crippen molar-refractivity contribution in [1.82, 2.24) is 0 Å². The van der Waals surface area contributed by atoms with E-state index < -0.39 is 0 Å². The third-order valence-corrected chi connectivity index (χ3v) is 4.47. The first-order chi connectivity index (χ1) is 10.0. The second-order valence-corrected chi connectivity index (χ2v) is 7.05. The Morgan fingerprint density at radius 2 is 2.10 bits per heavy atom. The number of rotatable bonds is 5. The minimum atomic E-state index is 0.171. The van der Waals surface area contributed by atoms with Gasteiger partial charge in [0.2, 0.25) is 0 Å². The Labute approximate surface area is 135 Å². The SMILES string of the molecule is CC(C)CN(c1cc(Br)ccc1/C(N)=N/O)C1CCCC1. The van der Waals surface area contributed by atoms with Gasteiger partial charge in [0.1, 0.15) is 0 Å². The minimum Gasteiger partial charge on any atom is -0.409 e. The van der Waals surface area contributed by atoms with Crippen molar-refractivity contribution in [2.24, 2.45) is 16.8 Å². The van der Waals surface area contributed by atoms with Gasteiger partial charge < -0.3 is 15.8 Å². The van der Waals surface area contributed by atoms with E-state index >= 15 is 0 Å². The first-order valence-electron chi connectivity index (χ1n) is 7.57. The topological polar surface area (TPSA) is 61.8 Å². The van der Waals surface area contributed by atoms with Crippen LogP contribution >= 0.6 is 15.9 Å². The van der Waals surface area contributed by atoms with Crippen LogP contribution in [0.3, 0.4) is 0 Å². The van der Waals surface area contributed by atoms with Crippen molar-refractivity contribution in [2.75, 3.05) is 11.4 Å². The summed E-state index contributed by atoms with van der Waals surface area (Å²) in [6, 6.07) is 6.47. The fourth-order valence-electron chi connectivity index (χ4n) is 3.07. The fraction of sp³-hybridized carbons (Fsp3) is 0.562. The highest BCUT2D eigenvalue weighted by atomic mass is 79.9. The van der Waals surface area contributed by atoms with E-state index in [-0.39, 0.29) is 5.84 Å². The van der Waals surface area contributed by atoms with Gasteiger partial charge in [-0.15, -0.1) is 0 Å². The summed E-state index contributed by atoms with van der Waals surface area (Å²) >= 11 is 3.54. The lowest BCUT2D eigenvalue weighted by molar-refractivity contribution is 0.318. The highest BCUT2D eigenvalue weighted by Gasteiger charge is 2.26. The van der Waals surface area contributed by atoms with E-state index in [1.165, 1.54) is 25.7 Å². The minimum absolute atomic E-state index is 0.171. The third-order valence-electron chi connectivity index (χ3n) is 3.98. The first-order valence-corrected chi connectivity index (χ1v) is 8.36. The lowest BCUT2D eigenvalue weighted by atomic mass is 10.1. The number of benzene rings is 1. The molecule has 0 spiro atoms. The molecule has 0 saturated heterocycles. The summed E-state index contributed by atoms with van der Waals surface area (Å²) < 4.78 is 1.01. The highest BCUT2D eigenvalue weighted by Crippen LogP contribution is 2.33. The van der Waals surface area contributed by atoms with Crippen LogP contribution < -0.4 is 10.6 Å². The number of nitrogens with zero attached hydrogens (tertiary/aromatic N) is 2.